The molecule has 2 rings (SSSR count). The average molecular weight is 237 g/mol. The van der Waals surface area contributed by atoms with Crippen molar-refractivity contribution in [1.29, 1.82) is 0 Å². The van der Waals surface area contributed by atoms with E-state index in [1.807, 2.05) is 37.3 Å². The fourth-order valence-corrected chi connectivity index (χ4v) is 3.05. The predicted molar refractivity (Wildman–Crippen MR) is 66.7 cm³/mol. The van der Waals surface area contributed by atoms with E-state index in [2.05, 4.69) is 5.32 Å². The summed E-state index contributed by atoms with van der Waals surface area (Å²) in [6.45, 7) is 1.99. The van der Waals surface area contributed by atoms with Gasteiger partial charge in [-0.2, -0.15) is 0 Å². The van der Waals surface area contributed by atoms with Crippen LogP contribution in [0.1, 0.15) is 18.9 Å². The van der Waals surface area contributed by atoms with Gasteiger partial charge in [-0.15, -0.1) is 0 Å². The highest BCUT2D eigenvalue weighted by Crippen LogP contribution is 2.36. The molecular weight excluding hydrogens is 226 g/mol. The molecule has 2 nitrogen and oxygen atoms in total. The second-order valence-corrected chi connectivity index (χ2v) is 5.08. The number of hydrogen-bond acceptors (Lipinski definition) is 3. The zero-order valence-electron chi connectivity index (χ0n) is 8.32. The third-order valence-electron chi connectivity index (χ3n) is 2.65. The lowest BCUT2D eigenvalue weighted by Gasteiger charge is -2.25. The summed E-state index contributed by atoms with van der Waals surface area (Å²) < 4.78 is 0.575. The lowest BCUT2D eigenvalue weighted by molar-refractivity contribution is -0.116. The molecule has 1 aromatic rings. The Balaban J connectivity index is 2.47. The normalized spacial score (nSPS) is 25.4. The molecule has 1 atom stereocenters. The first-order valence-corrected chi connectivity index (χ1v) is 6.01. The van der Waals surface area contributed by atoms with Gasteiger partial charge < -0.3 is 5.32 Å². The van der Waals surface area contributed by atoms with Crippen LogP contribution in [0.3, 0.4) is 0 Å². The van der Waals surface area contributed by atoms with Gasteiger partial charge in [0.2, 0.25) is 5.12 Å². The molecule has 1 aliphatic rings. The van der Waals surface area contributed by atoms with Gasteiger partial charge in [-0.05, 0) is 23.7 Å². The molecule has 1 fully saturated rings. The Kier molecular flexibility index (Phi) is 2.80. The molecule has 0 bridgehead atoms. The summed E-state index contributed by atoms with van der Waals surface area (Å²) in [5, 5.41) is 3.23. The first-order chi connectivity index (χ1) is 7.19. The van der Waals surface area contributed by atoms with Crippen molar-refractivity contribution in [3.8, 4) is 0 Å². The molecule has 0 radical (unpaired) electrons. The van der Waals surface area contributed by atoms with Crippen LogP contribution in [0.25, 0.3) is 0 Å². The molecular formula is C11H11NOS2. The van der Waals surface area contributed by atoms with Crippen molar-refractivity contribution in [2.45, 2.75) is 18.9 Å². The Morgan fingerprint density at radius 2 is 2.07 bits per heavy atom. The van der Waals surface area contributed by atoms with Crippen LogP contribution >= 0.6 is 24.0 Å². The van der Waals surface area contributed by atoms with Crippen molar-refractivity contribution in [3.05, 3.63) is 35.9 Å². The third-order valence-corrected chi connectivity index (χ3v) is 3.82. The number of carbonyl (C=O) groups is 1. The highest BCUT2D eigenvalue weighted by Gasteiger charge is 2.45. The topological polar surface area (TPSA) is 29.1 Å². The average Bonchev–Trinajstić information content (AvgIpc) is 2.56. The van der Waals surface area contributed by atoms with E-state index in [1.165, 1.54) is 0 Å². The lowest BCUT2D eigenvalue weighted by Crippen LogP contribution is -2.42. The molecule has 78 valence electrons. The van der Waals surface area contributed by atoms with Crippen molar-refractivity contribution in [2.24, 2.45) is 0 Å². The summed E-state index contributed by atoms with van der Waals surface area (Å²) in [7, 11) is 0. The van der Waals surface area contributed by atoms with Crippen LogP contribution in [-0.4, -0.2) is 9.44 Å². The highest BCUT2D eigenvalue weighted by atomic mass is 32.2. The molecule has 15 heavy (non-hydrogen) atoms. The van der Waals surface area contributed by atoms with Crippen LogP contribution in [-0.2, 0) is 10.3 Å². The van der Waals surface area contributed by atoms with Crippen LogP contribution < -0.4 is 5.32 Å². The van der Waals surface area contributed by atoms with Gasteiger partial charge in [-0.25, -0.2) is 0 Å². The first kappa shape index (κ1) is 10.6. The van der Waals surface area contributed by atoms with Crippen molar-refractivity contribution in [2.75, 3.05) is 0 Å². The molecule has 0 spiro atoms. The maximum absolute atomic E-state index is 12.0. The van der Waals surface area contributed by atoms with E-state index < -0.39 is 5.54 Å². The molecule has 1 N–H and O–H groups in total. The molecule has 4 heteroatoms. The molecule has 0 saturated carbocycles. The van der Waals surface area contributed by atoms with E-state index in [4.69, 9.17) is 12.2 Å². The van der Waals surface area contributed by atoms with Crippen molar-refractivity contribution >= 4 is 33.4 Å². The second-order valence-electron chi connectivity index (χ2n) is 3.43. The minimum absolute atomic E-state index is 0.0983. The van der Waals surface area contributed by atoms with Gasteiger partial charge in [0.25, 0.3) is 0 Å². The smallest absolute Gasteiger partial charge is 0.225 e. The largest absolute Gasteiger partial charge is 0.354 e. The van der Waals surface area contributed by atoms with Gasteiger partial charge in [-0.3, -0.25) is 4.79 Å². The zero-order chi connectivity index (χ0) is 10.9. The fourth-order valence-electron chi connectivity index (χ4n) is 1.77. The second kappa shape index (κ2) is 3.94. The minimum Gasteiger partial charge on any atom is -0.354 e. The molecule has 1 saturated heterocycles. The minimum atomic E-state index is -0.608. The fraction of sp³-hybridized carbons (Fsp3) is 0.273. The van der Waals surface area contributed by atoms with Crippen LogP contribution in [0.15, 0.2) is 30.3 Å². The van der Waals surface area contributed by atoms with E-state index >= 15 is 0 Å². The lowest BCUT2D eigenvalue weighted by atomic mass is 9.89. The maximum Gasteiger partial charge on any atom is 0.225 e. The summed E-state index contributed by atoms with van der Waals surface area (Å²) in [6, 6.07) is 9.74. The summed E-state index contributed by atoms with van der Waals surface area (Å²) in [4.78, 5) is 12.0. The van der Waals surface area contributed by atoms with Gasteiger partial charge in [0.05, 0.1) is 0 Å². The number of hydrogen-bond donors (Lipinski definition) is 1. The van der Waals surface area contributed by atoms with Crippen LogP contribution in [0, 0.1) is 0 Å². The highest BCUT2D eigenvalue weighted by molar-refractivity contribution is 8.33. The van der Waals surface area contributed by atoms with Crippen LogP contribution in [0.2, 0.25) is 0 Å². The molecule has 0 aliphatic carbocycles. The van der Waals surface area contributed by atoms with E-state index in [9.17, 15) is 4.79 Å². The van der Waals surface area contributed by atoms with Gasteiger partial charge in [0.1, 0.15) is 9.86 Å². The molecule has 1 aliphatic heterocycles. The Hall–Kier alpha value is -0.870. The van der Waals surface area contributed by atoms with Crippen molar-refractivity contribution in [1.82, 2.24) is 5.32 Å². The first-order valence-electron chi connectivity index (χ1n) is 4.79. The van der Waals surface area contributed by atoms with E-state index in [0.29, 0.717) is 10.7 Å². The molecule has 1 aromatic carbocycles. The SMILES string of the molecule is CCC1(c2ccccc2)NC(=S)SC1=O. The Morgan fingerprint density at radius 3 is 2.53 bits per heavy atom. The molecule has 1 unspecified atom stereocenters. The molecule has 1 heterocycles. The standard InChI is InChI=1S/C11H11NOS2/c1-2-11(8-6-4-3-5-7-8)9(13)15-10(14)12-11/h3-7H,2H2,1H3,(H,12,14). The van der Waals surface area contributed by atoms with Gasteiger partial charge in [0.15, 0.2) is 0 Å². The quantitative estimate of drug-likeness (QED) is 0.800. The third kappa shape index (κ3) is 1.68. The summed E-state index contributed by atoms with van der Waals surface area (Å²) in [5.41, 5.74) is 0.382. The molecule has 0 aromatic heterocycles. The summed E-state index contributed by atoms with van der Waals surface area (Å²) in [5.74, 6) is 0. The monoisotopic (exact) mass is 237 g/mol. The van der Waals surface area contributed by atoms with E-state index in [-0.39, 0.29) is 5.12 Å². The number of rotatable bonds is 2. The molecule has 0 amide bonds. The summed E-state index contributed by atoms with van der Waals surface area (Å²) >= 11 is 6.17. The van der Waals surface area contributed by atoms with Gasteiger partial charge in [0, 0.05) is 0 Å². The van der Waals surface area contributed by atoms with E-state index in [0.717, 1.165) is 17.3 Å². The maximum atomic E-state index is 12.0. The number of benzene rings is 1. The van der Waals surface area contributed by atoms with E-state index in [1.54, 1.807) is 0 Å². The van der Waals surface area contributed by atoms with Gasteiger partial charge >= 0.3 is 0 Å². The zero-order valence-corrected chi connectivity index (χ0v) is 9.95. The van der Waals surface area contributed by atoms with Crippen LogP contribution in [0.4, 0.5) is 0 Å². The van der Waals surface area contributed by atoms with Gasteiger partial charge in [-0.1, -0.05) is 49.5 Å². The summed E-state index contributed by atoms with van der Waals surface area (Å²) in [6.07, 6.45) is 0.711. The van der Waals surface area contributed by atoms with Crippen LogP contribution in [0.5, 0.6) is 0 Å². The Morgan fingerprint density at radius 1 is 1.40 bits per heavy atom. The van der Waals surface area contributed by atoms with Crippen molar-refractivity contribution < 1.29 is 4.79 Å². The number of thiocarbonyl (C=S) groups is 1. The Labute approximate surface area is 98.4 Å². The predicted octanol–water partition coefficient (Wildman–Crippen LogP) is 2.44. The van der Waals surface area contributed by atoms with Crippen molar-refractivity contribution in [3.63, 3.8) is 0 Å². The number of carbonyl (C=O) groups excluding carboxylic acids is 1. The Bertz CT molecular complexity index is 404. The number of nitrogens with one attached hydrogen (secondary N) is 1. The number of thioether (sulfide) groups is 1.